The molecule has 0 saturated heterocycles. The molecule has 8 heteroatoms. The quantitative estimate of drug-likeness (QED) is 0.805. The maximum Gasteiger partial charge on any atom is 0.344 e. The van der Waals surface area contributed by atoms with E-state index < -0.39 is 35.2 Å². The van der Waals surface area contributed by atoms with Gasteiger partial charge in [0.25, 0.3) is 5.91 Å². The van der Waals surface area contributed by atoms with E-state index in [1.807, 2.05) is 0 Å². The van der Waals surface area contributed by atoms with Crippen molar-refractivity contribution in [2.24, 2.45) is 0 Å². The van der Waals surface area contributed by atoms with Gasteiger partial charge >= 0.3 is 5.97 Å². The molecular weight excluding hydrogens is 363 g/mol. The fourth-order valence-corrected chi connectivity index (χ4v) is 2.36. The van der Waals surface area contributed by atoms with Crippen LogP contribution in [-0.2, 0) is 9.53 Å². The van der Waals surface area contributed by atoms with Gasteiger partial charge < -0.3 is 10.1 Å². The van der Waals surface area contributed by atoms with Crippen LogP contribution in [0.25, 0.3) is 0 Å². The van der Waals surface area contributed by atoms with E-state index in [4.69, 9.17) is 27.9 Å². The lowest BCUT2D eigenvalue weighted by Gasteiger charge is -2.14. The lowest BCUT2D eigenvalue weighted by Crippen LogP contribution is -2.30. The molecule has 0 aliphatic rings. The molecule has 1 N–H and O–H groups in total. The van der Waals surface area contributed by atoms with Crippen molar-refractivity contribution in [1.29, 1.82) is 0 Å². The molecule has 0 aromatic heterocycles. The second kappa shape index (κ2) is 7.59. The Morgan fingerprint density at radius 1 is 1.08 bits per heavy atom. The first kappa shape index (κ1) is 18.2. The van der Waals surface area contributed by atoms with Gasteiger partial charge in [0.2, 0.25) is 0 Å². The van der Waals surface area contributed by atoms with Gasteiger partial charge in [-0.15, -0.1) is 0 Å². The van der Waals surface area contributed by atoms with Crippen LogP contribution >= 0.6 is 23.2 Å². The van der Waals surface area contributed by atoms with E-state index >= 15 is 0 Å². The number of amides is 1. The molecule has 2 aromatic rings. The second-order valence-electron chi connectivity index (χ2n) is 4.79. The third-order valence-corrected chi connectivity index (χ3v) is 3.39. The highest BCUT2D eigenvalue weighted by Crippen LogP contribution is 2.23. The Morgan fingerprint density at radius 3 is 2.17 bits per heavy atom. The SMILES string of the molecule is C[C@H](OC(=O)c1c(F)cccc1F)C(=O)Nc1cc(Cl)cc(Cl)c1. The number of ether oxygens (including phenoxy) is 1. The van der Waals surface area contributed by atoms with Crippen LogP contribution in [0.3, 0.4) is 0 Å². The zero-order valence-electron chi connectivity index (χ0n) is 12.3. The van der Waals surface area contributed by atoms with Gasteiger partial charge in [-0.25, -0.2) is 13.6 Å². The van der Waals surface area contributed by atoms with Crippen LogP contribution in [-0.4, -0.2) is 18.0 Å². The average molecular weight is 374 g/mol. The average Bonchev–Trinajstić information content (AvgIpc) is 2.45. The number of carbonyl (C=O) groups excluding carboxylic acids is 2. The number of rotatable bonds is 4. The van der Waals surface area contributed by atoms with Crippen molar-refractivity contribution in [3.8, 4) is 0 Å². The molecule has 0 heterocycles. The molecular formula is C16H11Cl2F2NO3. The van der Waals surface area contributed by atoms with Crippen LogP contribution in [0.5, 0.6) is 0 Å². The molecule has 1 amide bonds. The summed E-state index contributed by atoms with van der Waals surface area (Å²) in [7, 11) is 0. The van der Waals surface area contributed by atoms with Gasteiger partial charge in [-0.2, -0.15) is 0 Å². The summed E-state index contributed by atoms with van der Waals surface area (Å²) in [5, 5.41) is 3.04. The first-order chi connectivity index (χ1) is 11.3. The van der Waals surface area contributed by atoms with E-state index in [2.05, 4.69) is 5.32 Å². The predicted octanol–water partition coefficient (Wildman–Crippen LogP) is 4.46. The summed E-state index contributed by atoms with van der Waals surface area (Å²) < 4.78 is 31.8. The van der Waals surface area contributed by atoms with Gasteiger partial charge in [-0.3, -0.25) is 4.79 Å². The van der Waals surface area contributed by atoms with Gasteiger partial charge in [0.1, 0.15) is 17.2 Å². The van der Waals surface area contributed by atoms with Gasteiger partial charge in [-0.1, -0.05) is 29.3 Å². The van der Waals surface area contributed by atoms with Crippen LogP contribution in [0, 0.1) is 11.6 Å². The third kappa shape index (κ3) is 4.43. The molecule has 0 bridgehead atoms. The topological polar surface area (TPSA) is 55.4 Å². The number of anilines is 1. The van der Waals surface area contributed by atoms with Crippen LogP contribution in [0.1, 0.15) is 17.3 Å². The smallest absolute Gasteiger partial charge is 0.344 e. The number of esters is 1. The molecule has 0 aliphatic carbocycles. The van der Waals surface area contributed by atoms with Crippen LogP contribution in [0.2, 0.25) is 10.0 Å². The molecule has 0 unspecified atom stereocenters. The number of carbonyl (C=O) groups is 2. The molecule has 0 spiro atoms. The zero-order valence-corrected chi connectivity index (χ0v) is 13.8. The van der Waals surface area contributed by atoms with Gasteiger partial charge in [0.05, 0.1) is 0 Å². The van der Waals surface area contributed by atoms with Crippen LogP contribution in [0.15, 0.2) is 36.4 Å². The maximum absolute atomic E-state index is 13.5. The van der Waals surface area contributed by atoms with Crippen molar-refractivity contribution < 1.29 is 23.1 Å². The van der Waals surface area contributed by atoms with Gasteiger partial charge in [-0.05, 0) is 37.3 Å². The summed E-state index contributed by atoms with van der Waals surface area (Å²) in [5.74, 6) is -4.14. The summed E-state index contributed by atoms with van der Waals surface area (Å²) in [5.41, 5.74) is -0.569. The Morgan fingerprint density at radius 2 is 1.62 bits per heavy atom. The number of benzene rings is 2. The van der Waals surface area contributed by atoms with Crippen molar-refractivity contribution in [1.82, 2.24) is 0 Å². The third-order valence-electron chi connectivity index (χ3n) is 2.95. The molecule has 0 fully saturated rings. The summed E-state index contributed by atoms with van der Waals surface area (Å²) in [6, 6.07) is 7.30. The Labute approximate surface area is 146 Å². The predicted molar refractivity (Wildman–Crippen MR) is 86.3 cm³/mol. The molecule has 0 radical (unpaired) electrons. The highest BCUT2D eigenvalue weighted by Gasteiger charge is 2.24. The summed E-state index contributed by atoms with van der Waals surface area (Å²) in [6.45, 7) is 1.26. The number of hydrogen-bond donors (Lipinski definition) is 1. The van der Waals surface area contributed by atoms with Crippen molar-refractivity contribution >= 4 is 40.8 Å². The Balaban J connectivity index is 2.07. The molecule has 2 rings (SSSR count). The Kier molecular flexibility index (Phi) is 5.75. The van der Waals surface area contributed by atoms with Crippen molar-refractivity contribution in [2.75, 3.05) is 5.32 Å². The van der Waals surface area contributed by atoms with Crippen molar-refractivity contribution in [2.45, 2.75) is 13.0 Å². The van der Waals surface area contributed by atoms with Crippen molar-refractivity contribution in [3.63, 3.8) is 0 Å². The molecule has 126 valence electrons. The Hall–Kier alpha value is -2.18. The highest BCUT2D eigenvalue weighted by atomic mass is 35.5. The fraction of sp³-hybridized carbons (Fsp3) is 0.125. The monoisotopic (exact) mass is 373 g/mol. The lowest BCUT2D eigenvalue weighted by molar-refractivity contribution is -0.123. The van der Waals surface area contributed by atoms with Gasteiger partial charge in [0, 0.05) is 15.7 Å². The molecule has 1 atom stereocenters. The minimum atomic E-state index is -1.30. The van der Waals surface area contributed by atoms with E-state index in [9.17, 15) is 18.4 Å². The standard InChI is InChI=1S/C16H11Cl2F2NO3/c1-8(15(22)21-11-6-9(17)5-10(18)7-11)24-16(23)14-12(19)3-2-4-13(14)20/h2-8H,1H3,(H,21,22)/t8-/m0/s1. The molecule has 24 heavy (non-hydrogen) atoms. The largest absolute Gasteiger partial charge is 0.449 e. The van der Waals surface area contributed by atoms with E-state index in [1.165, 1.54) is 25.1 Å². The lowest BCUT2D eigenvalue weighted by atomic mass is 10.2. The summed E-state index contributed by atoms with van der Waals surface area (Å²) in [4.78, 5) is 23.8. The maximum atomic E-state index is 13.5. The first-order valence-electron chi connectivity index (χ1n) is 6.70. The van der Waals surface area contributed by atoms with Gasteiger partial charge in [0.15, 0.2) is 6.10 Å². The number of nitrogens with one attached hydrogen (secondary N) is 1. The normalized spacial score (nSPS) is 11.7. The Bertz CT molecular complexity index is 758. The highest BCUT2D eigenvalue weighted by molar-refractivity contribution is 6.35. The minimum absolute atomic E-state index is 0.289. The molecule has 2 aromatic carbocycles. The molecule has 4 nitrogen and oxygen atoms in total. The summed E-state index contributed by atoms with van der Waals surface area (Å²) in [6.07, 6.45) is -1.30. The van der Waals surface area contributed by atoms with Crippen LogP contribution < -0.4 is 5.32 Å². The summed E-state index contributed by atoms with van der Waals surface area (Å²) >= 11 is 11.6. The molecule has 0 saturated carbocycles. The van der Waals surface area contributed by atoms with Crippen LogP contribution in [0.4, 0.5) is 14.5 Å². The van der Waals surface area contributed by atoms with E-state index in [-0.39, 0.29) is 5.69 Å². The minimum Gasteiger partial charge on any atom is -0.449 e. The van der Waals surface area contributed by atoms with Crippen molar-refractivity contribution in [3.05, 3.63) is 63.6 Å². The first-order valence-corrected chi connectivity index (χ1v) is 7.45. The number of halogens is 4. The fourth-order valence-electron chi connectivity index (χ4n) is 1.84. The van der Waals surface area contributed by atoms with E-state index in [0.717, 1.165) is 18.2 Å². The second-order valence-corrected chi connectivity index (χ2v) is 5.66. The molecule has 0 aliphatic heterocycles. The van der Waals surface area contributed by atoms with E-state index in [1.54, 1.807) is 0 Å². The van der Waals surface area contributed by atoms with E-state index in [0.29, 0.717) is 10.0 Å². The number of hydrogen-bond acceptors (Lipinski definition) is 3. The zero-order chi connectivity index (χ0) is 17.9.